The Hall–Kier alpha value is -0.780. The maximum Gasteiger partial charge on any atom is 0.232 e. The van der Waals surface area contributed by atoms with Crippen LogP contribution in [0.4, 0.5) is 5.69 Å². The van der Waals surface area contributed by atoms with E-state index in [1.807, 2.05) is 6.92 Å². The number of hydrogen-bond donors (Lipinski definition) is 2. The summed E-state index contributed by atoms with van der Waals surface area (Å²) in [6.45, 7) is 3.79. The Morgan fingerprint density at radius 2 is 1.83 bits per heavy atom. The largest absolute Gasteiger partial charge is 0.317 e. The Balaban J connectivity index is 2.37. The van der Waals surface area contributed by atoms with Crippen molar-refractivity contribution in [1.29, 1.82) is 0 Å². The SMILES string of the molecule is CCNCCCCS(=O)(=O)Nc1ccc(Cl)cc1. The predicted octanol–water partition coefficient (Wildman–Crippen LogP) is 2.47. The molecule has 0 aliphatic rings. The van der Waals surface area contributed by atoms with Gasteiger partial charge in [0.1, 0.15) is 0 Å². The first-order valence-electron chi connectivity index (χ1n) is 6.00. The Morgan fingerprint density at radius 1 is 1.17 bits per heavy atom. The quantitative estimate of drug-likeness (QED) is 0.723. The molecule has 0 radical (unpaired) electrons. The van der Waals surface area contributed by atoms with Gasteiger partial charge in [0, 0.05) is 10.7 Å². The Morgan fingerprint density at radius 3 is 2.44 bits per heavy atom. The van der Waals surface area contributed by atoms with Gasteiger partial charge < -0.3 is 5.32 Å². The number of unbranched alkanes of at least 4 members (excludes halogenated alkanes) is 1. The highest BCUT2D eigenvalue weighted by Gasteiger charge is 2.09. The summed E-state index contributed by atoms with van der Waals surface area (Å²) >= 11 is 5.73. The van der Waals surface area contributed by atoms with Gasteiger partial charge in [-0.1, -0.05) is 18.5 Å². The van der Waals surface area contributed by atoms with Crippen molar-refractivity contribution in [3.63, 3.8) is 0 Å². The molecule has 0 bridgehead atoms. The van der Waals surface area contributed by atoms with E-state index in [4.69, 9.17) is 11.6 Å². The van der Waals surface area contributed by atoms with Crippen LogP contribution in [0.1, 0.15) is 19.8 Å². The predicted molar refractivity (Wildman–Crippen MR) is 76.6 cm³/mol. The lowest BCUT2D eigenvalue weighted by molar-refractivity contribution is 0.593. The standard InChI is InChI=1S/C12H19ClN2O2S/c1-2-14-9-3-4-10-18(16,17)15-12-7-5-11(13)6-8-12/h5-8,14-15H,2-4,9-10H2,1H3. The van der Waals surface area contributed by atoms with Crippen LogP contribution in [0.2, 0.25) is 5.02 Å². The Bertz CT molecular complexity index is 446. The molecular weight excluding hydrogens is 272 g/mol. The van der Waals surface area contributed by atoms with Crippen molar-refractivity contribution in [2.24, 2.45) is 0 Å². The maximum absolute atomic E-state index is 11.8. The summed E-state index contributed by atoms with van der Waals surface area (Å²) < 4.78 is 26.0. The highest BCUT2D eigenvalue weighted by Crippen LogP contribution is 2.15. The van der Waals surface area contributed by atoms with Crippen molar-refractivity contribution in [2.75, 3.05) is 23.6 Å². The van der Waals surface area contributed by atoms with Crippen molar-refractivity contribution in [3.05, 3.63) is 29.3 Å². The summed E-state index contributed by atoms with van der Waals surface area (Å²) in [5, 5.41) is 3.75. The summed E-state index contributed by atoms with van der Waals surface area (Å²) in [7, 11) is -3.26. The van der Waals surface area contributed by atoms with Gasteiger partial charge in [-0.15, -0.1) is 0 Å². The zero-order valence-electron chi connectivity index (χ0n) is 10.4. The second kappa shape index (κ2) is 7.61. The summed E-state index contributed by atoms with van der Waals surface area (Å²) in [6, 6.07) is 6.62. The Labute approximate surface area is 114 Å². The number of rotatable bonds is 8. The minimum atomic E-state index is -3.26. The van der Waals surface area contributed by atoms with Crippen molar-refractivity contribution in [2.45, 2.75) is 19.8 Å². The van der Waals surface area contributed by atoms with E-state index in [0.717, 1.165) is 19.5 Å². The molecule has 0 fully saturated rings. The minimum Gasteiger partial charge on any atom is -0.317 e. The van der Waals surface area contributed by atoms with Crippen molar-refractivity contribution in [1.82, 2.24) is 5.32 Å². The average Bonchev–Trinajstić information content (AvgIpc) is 2.31. The van der Waals surface area contributed by atoms with Gasteiger partial charge in [0.25, 0.3) is 0 Å². The number of sulfonamides is 1. The highest BCUT2D eigenvalue weighted by atomic mass is 35.5. The first kappa shape index (κ1) is 15.3. The molecule has 0 saturated carbocycles. The van der Waals surface area contributed by atoms with Crippen LogP contribution >= 0.6 is 11.6 Å². The third-order valence-electron chi connectivity index (χ3n) is 2.38. The van der Waals surface area contributed by atoms with Crippen LogP contribution in [0.3, 0.4) is 0 Å². The fourth-order valence-corrected chi connectivity index (χ4v) is 2.77. The van der Waals surface area contributed by atoms with Crippen LogP contribution in [0.5, 0.6) is 0 Å². The normalized spacial score (nSPS) is 11.4. The van der Waals surface area contributed by atoms with Crippen LogP contribution in [0.15, 0.2) is 24.3 Å². The molecule has 0 spiro atoms. The lowest BCUT2D eigenvalue weighted by Crippen LogP contribution is -2.19. The number of halogens is 1. The first-order chi connectivity index (χ1) is 8.53. The number of anilines is 1. The van der Waals surface area contributed by atoms with E-state index >= 15 is 0 Å². The van der Waals surface area contributed by atoms with Crippen molar-refractivity contribution in [3.8, 4) is 0 Å². The zero-order chi connectivity index (χ0) is 13.4. The summed E-state index contributed by atoms with van der Waals surface area (Å²) in [5.41, 5.74) is 0.547. The minimum absolute atomic E-state index is 0.140. The Kier molecular flexibility index (Phi) is 6.46. The monoisotopic (exact) mass is 290 g/mol. The fraction of sp³-hybridized carbons (Fsp3) is 0.500. The summed E-state index contributed by atoms with van der Waals surface area (Å²) in [4.78, 5) is 0. The van der Waals surface area contributed by atoms with Crippen LogP contribution < -0.4 is 10.0 Å². The van der Waals surface area contributed by atoms with E-state index in [1.54, 1.807) is 24.3 Å². The summed E-state index contributed by atoms with van der Waals surface area (Å²) in [5.74, 6) is 0.140. The van der Waals surface area contributed by atoms with Crippen LogP contribution in [-0.4, -0.2) is 27.3 Å². The molecule has 0 saturated heterocycles. The fourth-order valence-electron chi connectivity index (χ4n) is 1.47. The lowest BCUT2D eigenvalue weighted by atomic mass is 10.3. The zero-order valence-corrected chi connectivity index (χ0v) is 12.0. The highest BCUT2D eigenvalue weighted by molar-refractivity contribution is 7.92. The molecule has 0 aliphatic heterocycles. The molecule has 0 atom stereocenters. The summed E-state index contributed by atoms with van der Waals surface area (Å²) in [6.07, 6.45) is 1.51. The van der Waals surface area contributed by atoms with E-state index in [0.29, 0.717) is 17.1 Å². The molecule has 102 valence electrons. The second-order valence-corrected chi connectivity index (χ2v) is 6.27. The molecule has 0 amide bonds. The molecule has 0 aliphatic carbocycles. The van der Waals surface area contributed by atoms with Crippen molar-refractivity contribution >= 4 is 27.3 Å². The molecule has 0 aromatic heterocycles. The molecule has 0 heterocycles. The molecule has 1 aromatic carbocycles. The van der Waals surface area contributed by atoms with E-state index in [1.165, 1.54) is 0 Å². The smallest absolute Gasteiger partial charge is 0.232 e. The number of nitrogens with one attached hydrogen (secondary N) is 2. The average molecular weight is 291 g/mol. The lowest BCUT2D eigenvalue weighted by Gasteiger charge is -2.08. The van der Waals surface area contributed by atoms with Crippen molar-refractivity contribution < 1.29 is 8.42 Å². The van der Waals surface area contributed by atoms with Gasteiger partial charge >= 0.3 is 0 Å². The first-order valence-corrected chi connectivity index (χ1v) is 8.03. The van der Waals surface area contributed by atoms with Crippen LogP contribution in [0.25, 0.3) is 0 Å². The van der Waals surface area contributed by atoms with E-state index in [9.17, 15) is 8.42 Å². The second-order valence-electron chi connectivity index (χ2n) is 3.99. The van der Waals surface area contributed by atoms with Gasteiger partial charge in [-0.2, -0.15) is 0 Å². The molecule has 18 heavy (non-hydrogen) atoms. The van der Waals surface area contributed by atoms with Gasteiger partial charge in [-0.25, -0.2) is 8.42 Å². The molecule has 0 unspecified atom stereocenters. The topological polar surface area (TPSA) is 58.2 Å². The van der Waals surface area contributed by atoms with E-state index < -0.39 is 10.0 Å². The molecule has 1 rings (SSSR count). The van der Waals surface area contributed by atoms with E-state index in [2.05, 4.69) is 10.0 Å². The van der Waals surface area contributed by atoms with E-state index in [-0.39, 0.29) is 5.75 Å². The number of hydrogen-bond acceptors (Lipinski definition) is 3. The number of benzene rings is 1. The molecule has 1 aromatic rings. The van der Waals surface area contributed by atoms with Crippen LogP contribution in [-0.2, 0) is 10.0 Å². The molecule has 6 heteroatoms. The van der Waals surface area contributed by atoms with Gasteiger partial charge in [0.05, 0.1) is 5.75 Å². The van der Waals surface area contributed by atoms with Crippen LogP contribution in [0, 0.1) is 0 Å². The third-order valence-corrected chi connectivity index (χ3v) is 4.01. The van der Waals surface area contributed by atoms with Gasteiger partial charge in [0.15, 0.2) is 0 Å². The van der Waals surface area contributed by atoms with Gasteiger partial charge in [-0.05, 0) is 50.2 Å². The molecule has 4 nitrogen and oxygen atoms in total. The maximum atomic E-state index is 11.8. The van der Waals surface area contributed by atoms with Gasteiger partial charge in [0.2, 0.25) is 10.0 Å². The molecular formula is C12H19ClN2O2S. The third kappa shape index (κ3) is 6.23. The van der Waals surface area contributed by atoms with Gasteiger partial charge in [-0.3, -0.25) is 4.72 Å². The molecule has 2 N–H and O–H groups in total.